The monoisotopic (exact) mass is 235 g/mol. The van der Waals surface area contributed by atoms with Crippen LogP contribution in [0.1, 0.15) is 13.3 Å². The maximum absolute atomic E-state index is 11.3. The second-order valence-electron chi connectivity index (χ2n) is 3.92. The highest BCUT2D eigenvalue weighted by atomic mass is 32.2. The van der Waals surface area contributed by atoms with Crippen molar-refractivity contribution in [1.29, 1.82) is 0 Å². The predicted octanol–water partition coefficient (Wildman–Crippen LogP) is -0.781. The van der Waals surface area contributed by atoms with E-state index in [0.717, 1.165) is 26.1 Å². The molecule has 6 heteroatoms. The highest BCUT2D eigenvalue weighted by molar-refractivity contribution is 7.88. The number of rotatable bonds is 7. The highest BCUT2D eigenvalue weighted by Gasteiger charge is 2.16. The Bertz CT molecular complexity index is 275. The van der Waals surface area contributed by atoms with Crippen molar-refractivity contribution in [2.45, 2.75) is 19.4 Å². The van der Waals surface area contributed by atoms with E-state index in [4.69, 9.17) is 0 Å². The molecule has 1 saturated heterocycles. The van der Waals surface area contributed by atoms with E-state index in [9.17, 15) is 8.42 Å². The van der Waals surface area contributed by atoms with Gasteiger partial charge in [-0.25, -0.2) is 12.7 Å². The molecule has 0 radical (unpaired) electrons. The van der Waals surface area contributed by atoms with Crippen molar-refractivity contribution in [3.8, 4) is 0 Å². The molecule has 15 heavy (non-hydrogen) atoms. The van der Waals surface area contributed by atoms with Crippen LogP contribution < -0.4 is 10.6 Å². The van der Waals surface area contributed by atoms with E-state index < -0.39 is 10.0 Å². The lowest BCUT2D eigenvalue weighted by Crippen LogP contribution is -2.55. The largest absolute Gasteiger partial charge is 0.314 e. The molecule has 5 nitrogen and oxygen atoms in total. The summed E-state index contributed by atoms with van der Waals surface area (Å²) in [6.45, 7) is 5.99. The Morgan fingerprint density at radius 2 is 2.13 bits per heavy atom. The maximum atomic E-state index is 11.3. The summed E-state index contributed by atoms with van der Waals surface area (Å²) in [7, 11) is -3.01. The maximum Gasteiger partial charge on any atom is 0.211 e. The fourth-order valence-electron chi connectivity index (χ4n) is 1.55. The average molecular weight is 235 g/mol. The van der Waals surface area contributed by atoms with E-state index in [0.29, 0.717) is 19.1 Å². The van der Waals surface area contributed by atoms with E-state index in [1.807, 2.05) is 6.92 Å². The lowest BCUT2D eigenvalue weighted by Gasteiger charge is -2.28. The predicted molar refractivity (Wildman–Crippen MR) is 61.4 cm³/mol. The van der Waals surface area contributed by atoms with Crippen LogP contribution in [0.2, 0.25) is 0 Å². The fourth-order valence-corrected chi connectivity index (χ4v) is 2.48. The van der Waals surface area contributed by atoms with E-state index in [1.54, 1.807) is 0 Å². The number of nitrogens with one attached hydrogen (secondary N) is 2. The van der Waals surface area contributed by atoms with Gasteiger partial charge in [-0.05, 0) is 13.0 Å². The van der Waals surface area contributed by atoms with Gasteiger partial charge in [0.25, 0.3) is 0 Å². The smallest absolute Gasteiger partial charge is 0.211 e. The molecule has 1 fully saturated rings. The van der Waals surface area contributed by atoms with Crippen LogP contribution in [-0.2, 0) is 10.0 Å². The summed E-state index contributed by atoms with van der Waals surface area (Å²) in [5.41, 5.74) is 0. The molecule has 0 saturated carbocycles. The Morgan fingerprint density at radius 1 is 1.47 bits per heavy atom. The molecule has 0 spiro atoms. The van der Waals surface area contributed by atoms with Gasteiger partial charge in [0.1, 0.15) is 0 Å². The highest BCUT2D eigenvalue weighted by Crippen LogP contribution is 1.98. The minimum Gasteiger partial charge on any atom is -0.314 e. The lowest BCUT2D eigenvalue weighted by molar-refractivity contribution is 0.353. The Kier molecular flexibility index (Phi) is 4.98. The van der Waals surface area contributed by atoms with Gasteiger partial charge in [-0.1, -0.05) is 6.92 Å². The molecule has 1 aliphatic rings. The van der Waals surface area contributed by atoms with Crippen LogP contribution in [0.5, 0.6) is 0 Å². The molecule has 0 unspecified atom stereocenters. The molecule has 2 N–H and O–H groups in total. The molecule has 0 aromatic rings. The molecule has 0 aromatic heterocycles. The summed E-state index contributed by atoms with van der Waals surface area (Å²) in [6, 6.07) is 0.582. The van der Waals surface area contributed by atoms with Gasteiger partial charge in [-0.2, -0.15) is 0 Å². The van der Waals surface area contributed by atoms with Crippen molar-refractivity contribution in [1.82, 2.24) is 14.9 Å². The molecule has 0 aliphatic carbocycles. The molecule has 0 bridgehead atoms. The van der Waals surface area contributed by atoms with Crippen molar-refractivity contribution in [2.75, 3.05) is 39.0 Å². The van der Waals surface area contributed by atoms with Crippen LogP contribution >= 0.6 is 0 Å². The molecule has 0 atom stereocenters. The quantitative estimate of drug-likeness (QED) is 0.568. The topological polar surface area (TPSA) is 61.4 Å². The Labute approximate surface area is 92.3 Å². The summed E-state index contributed by atoms with van der Waals surface area (Å²) < 4.78 is 24.0. The van der Waals surface area contributed by atoms with Gasteiger partial charge < -0.3 is 10.6 Å². The minimum absolute atomic E-state index is 0.559. The molecule has 1 heterocycles. The van der Waals surface area contributed by atoms with E-state index in [2.05, 4.69) is 10.6 Å². The van der Waals surface area contributed by atoms with Gasteiger partial charge >= 0.3 is 0 Å². The van der Waals surface area contributed by atoms with Crippen LogP contribution in [-0.4, -0.2) is 57.7 Å². The Balaban J connectivity index is 2.11. The first-order chi connectivity index (χ1) is 7.04. The summed E-state index contributed by atoms with van der Waals surface area (Å²) in [5, 5.41) is 6.54. The molecular weight excluding hydrogens is 214 g/mol. The molecule has 1 aliphatic heterocycles. The summed E-state index contributed by atoms with van der Waals surface area (Å²) in [5.74, 6) is 0. The van der Waals surface area contributed by atoms with Gasteiger partial charge in [0, 0.05) is 32.2 Å². The second kappa shape index (κ2) is 5.79. The van der Waals surface area contributed by atoms with Crippen LogP contribution in [0, 0.1) is 0 Å². The van der Waals surface area contributed by atoms with Crippen LogP contribution in [0.4, 0.5) is 0 Å². The van der Waals surface area contributed by atoms with Crippen molar-refractivity contribution < 1.29 is 8.42 Å². The standard InChI is InChI=1S/C9H21N3O2S/c1-3-12(15(2,13)14)6-4-5-11-9-7-10-8-9/h9-11H,3-8H2,1-2H3. The van der Waals surface area contributed by atoms with Gasteiger partial charge in [0.05, 0.1) is 6.26 Å². The zero-order chi connectivity index (χ0) is 11.3. The van der Waals surface area contributed by atoms with Crippen LogP contribution in [0.15, 0.2) is 0 Å². The van der Waals surface area contributed by atoms with Crippen molar-refractivity contribution in [3.63, 3.8) is 0 Å². The first-order valence-electron chi connectivity index (χ1n) is 5.43. The van der Waals surface area contributed by atoms with Crippen molar-refractivity contribution in [3.05, 3.63) is 0 Å². The minimum atomic E-state index is -3.01. The SMILES string of the molecule is CCN(CCCNC1CNC1)S(C)(=O)=O. The molecule has 1 rings (SSSR count). The number of sulfonamides is 1. The number of hydrogen-bond donors (Lipinski definition) is 2. The zero-order valence-corrected chi connectivity index (χ0v) is 10.3. The zero-order valence-electron chi connectivity index (χ0n) is 9.49. The first-order valence-corrected chi connectivity index (χ1v) is 7.28. The summed E-state index contributed by atoms with van der Waals surface area (Å²) >= 11 is 0. The van der Waals surface area contributed by atoms with Gasteiger partial charge in [0.2, 0.25) is 10.0 Å². The van der Waals surface area contributed by atoms with Crippen LogP contribution in [0.25, 0.3) is 0 Å². The van der Waals surface area contributed by atoms with E-state index >= 15 is 0 Å². The summed E-state index contributed by atoms with van der Waals surface area (Å²) in [6.07, 6.45) is 2.14. The van der Waals surface area contributed by atoms with Gasteiger partial charge in [-0.3, -0.25) is 0 Å². The third kappa shape index (κ3) is 4.46. The van der Waals surface area contributed by atoms with Gasteiger partial charge in [0.15, 0.2) is 0 Å². The van der Waals surface area contributed by atoms with Gasteiger partial charge in [-0.15, -0.1) is 0 Å². The third-order valence-electron chi connectivity index (χ3n) is 2.62. The third-order valence-corrected chi connectivity index (χ3v) is 4.00. The second-order valence-corrected chi connectivity index (χ2v) is 5.90. The fraction of sp³-hybridized carbons (Fsp3) is 1.00. The molecular formula is C9H21N3O2S. The average Bonchev–Trinajstić information content (AvgIpc) is 2.05. The first kappa shape index (κ1) is 12.9. The molecule has 90 valence electrons. The normalized spacial score (nSPS) is 18.1. The summed E-state index contributed by atoms with van der Waals surface area (Å²) in [4.78, 5) is 0. The number of nitrogens with zero attached hydrogens (tertiary/aromatic N) is 1. The van der Waals surface area contributed by atoms with E-state index in [1.165, 1.54) is 10.6 Å². The Hall–Kier alpha value is -0.170. The lowest BCUT2D eigenvalue weighted by atomic mass is 10.2. The molecule has 0 aromatic carbocycles. The van der Waals surface area contributed by atoms with Crippen LogP contribution in [0.3, 0.4) is 0 Å². The Morgan fingerprint density at radius 3 is 2.53 bits per heavy atom. The van der Waals surface area contributed by atoms with Crippen molar-refractivity contribution >= 4 is 10.0 Å². The van der Waals surface area contributed by atoms with E-state index in [-0.39, 0.29) is 0 Å². The van der Waals surface area contributed by atoms with Crippen molar-refractivity contribution in [2.24, 2.45) is 0 Å². The number of hydrogen-bond acceptors (Lipinski definition) is 4. The molecule has 0 amide bonds.